The highest BCUT2D eigenvalue weighted by atomic mass is 15.2. The molecule has 0 saturated heterocycles. The van der Waals surface area contributed by atoms with Crippen LogP contribution >= 0.6 is 0 Å². The molecule has 54 heavy (non-hydrogen) atoms. The predicted octanol–water partition coefficient (Wildman–Crippen LogP) is 11.2. The minimum Gasteiger partial charge on any atom is -0.308 e. The summed E-state index contributed by atoms with van der Waals surface area (Å²) < 4.78 is 4.35. The zero-order valence-corrected chi connectivity index (χ0v) is 28.9. The van der Waals surface area contributed by atoms with E-state index in [2.05, 4.69) is 74.6 Å². The van der Waals surface area contributed by atoms with E-state index in [1.807, 2.05) is 115 Å². The predicted molar refractivity (Wildman–Crippen MR) is 217 cm³/mol. The first kappa shape index (κ1) is 31.1. The number of aromatic nitrogens is 5. The first-order valence-corrected chi connectivity index (χ1v) is 17.7. The fraction of sp³-hybridized carbons (Fsp3) is 0. The number of hydrogen-bond donors (Lipinski definition) is 0. The van der Waals surface area contributed by atoms with Gasteiger partial charge in [-0.1, -0.05) is 127 Å². The number of rotatable bonds is 5. The van der Waals surface area contributed by atoms with E-state index in [0.29, 0.717) is 28.8 Å². The summed E-state index contributed by atoms with van der Waals surface area (Å²) >= 11 is 0. The van der Waals surface area contributed by atoms with Gasteiger partial charge in [0, 0.05) is 32.7 Å². The average Bonchev–Trinajstić information content (AvgIpc) is 3.58. The molecule has 3 heterocycles. The topological polar surface area (TPSA) is 65.2 Å². The van der Waals surface area contributed by atoms with E-state index in [1.54, 1.807) is 0 Å². The average molecular weight is 692 g/mol. The molecule has 7 heteroatoms. The third-order valence-electron chi connectivity index (χ3n) is 9.82. The fourth-order valence-electron chi connectivity index (χ4n) is 7.43. The van der Waals surface area contributed by atoms with Gasteiger partial charge < -0.3 is 4.57 Å². The molecule has 0 aliphatic heterocycles. The molecule has 0 spiro atoms. The van der Waals surface area contributed by atoms with Crippen LogP contribution in [0, 0.1) is 6.57 Å². The Bertz CT molecular complexity index is 3060. The Balaban J connectivity index is 1.31. The second-order valence-corrected chi connectivity index (χ2v) is 13.0. The van der Waals surface area contributed by atoms with E-state index in [9.17, 15) is 0 Å². The number of pyridine rings is 1. The minimum absolute atomic E-state index is 0.458. The normalized spacial score (nSPS) is 11.3. The molecule has 10 rings (SSSR count). The van der Waals surface area contributed by atoms with Gasteiger partial charge in [-0.2, -0.15) is 9.97 Å². The molecule has 7 nitrogen and oxygen atoms in total. The van der Waals surface area contributed by atoms with Gasteiger partial charge in [0.25, 0.3) is 0 Å². The third kappa shape index (κ3) is 5.13. The molecule has 0 amide bonds. The number of para-hydroxylation sites is 5. The minimum atomic E-state index is 0.458. The highest BCUT2D eigenvalue weighted by molar-refractivity contribution is 6.09. The first-order valence-electron chi connectivity index (χ1n) is 17.7. The van der Waals surface area contributed by atoms with Crippen LogP contribution in [0.4, 0.5) is 11.4 Å². The maximum Gasteiger partial charge on any atom is 0.238 e. The maximum atomic E-state index is 8.04. The smallest absolute Gasteiger partial charge is 0.238 e. The molecule has 0 bridgehead atoms. The van der Waals surface area contributed by atoms with Gasteiger partial charge in [-0.15, -0.1) is 0 Å². The summed E-state index contributed by atoms with van der Waals surface area (Å²) in [6.45, 7) is 8.04. The molecule has 0 aliphatic rings. The van der Waals surface area contributed by atoms with E-state index in [-0.39, 0.29) is 0 Å². The Morgan fingerprint density at radius 3 is 1.56 bits per heavy atom. The number of fused-ring (bicyclic) bond motifs is 5. The zero-order valence-electron chi connectivity index (χ0n) is 28.9. The lowest BCUT2D eigenvalue weighted by atomic mass is 10.1. The van der Waals surface area contributed by atoms with E-state index in [1.165, 1.54) is 0 Å². The quantitative estimate of drug-likeness (QED) is 0.133. The lowest BCUT2D eigenvalue weighted by molar-refractivity contribution is 0.951. The van der Waals surface area contributed by atoms with Crippen molar-refractivity contribution in [2.75, 3.05) is 0 Å². The van der Waals surface area contributed by atoms with Crippen LogP contribution in [0.5, 0.6) is 0 Å². The van der Waals surface area contributed by atoms with E-state index in [0.717, 1.165) is 65.9 Å². The lowest BCUT2D eigenvalue weighted by Gasteiger charge is -2.20. The lowest BCUT2D eigenvalue weighted by Crippen LogP contribution is -2.13. The second-order valence-electron chi connectivity index (χ2n) is 13.0. The molecule has 0 fully saturated rings. The van der Waals surface area contributed by atoms with Crippen molar-refractivity contribution in [3.8, 4) is 34.4 Å². The van der Waals surface area contributed by atoms with E-state index < -0.39 is 0 Å². The molecular formula is C47H29N7. The number of nitrogens with zero attached hydrogens (tertiary/aromatic N) is 7. The highest BCUT2D eigenvalue weighted by Crippen LogP contribution is 2.36. The van der Waals surface area contributed by atoms with Gasteiger partial charge in [0.15, 0.2) is 17.3 Å². The highest BCUT2D eigenvalue weighted by Gasteiger charge is 2.21. The molecule has 10 aromatic rings. The maximum absolute atomic E-state index is 8.04. The van der Waals surface area contributed by atoms with E-state index >= 15 is 0 Å². The Hall–Kier alpha value is -7.69. The van der Waals surface area contributed by atoms with Crippen LogP contribution in [0.1, 0.15) is 0 Å². The summed E-state index contributed by atoms with van der Waals surface area (Å²) in [5, 5.41) is 5.10. The van der Waals surface area contributed by atoms with Crippen molar-refractivity contribution >= 4 is 55.0 Å². The van der Waals surface area contributed by atoms with E-state index in [4.69, 9.17) is 26.5 Å². The van der Waals surface area contributed by atoms with Crippen molar-refractivity contribution in [2.45, 2.75) is 0 Å². The number of hydrogen-bond acceptors (Lipinski definition) is 4. The molecule has 0 saturated carbocycles. The summed E-state index contributed by atoms with van der Waals surface area (Å²) in [5.41, 5.74) is 7.68. The van der Waals surface area contributed by atoms with Crippen LogP contribution in [0.2, 0.25) is 0 Å². The van der Waals surface area contributed by atoms with Gasteiger partial charge in [0.2, 0.25) is 5.95 Å². The van der Waals surface area contributed by atoms with Gasteiger partial charge in [0.1, 0.15) is 0 Å². The van der Waals surface area contributed by atoms with Crippen LogP contribution < -0.4 is 5.36 Å². The molecule has 0 radical (unpaired) electrons. The van der Waals surface area contributed by atoms with Crippen molar-refractivity contribution in [3.63, 3.8) is 0 Å². The number of benzene rings is 7. The molecule has 0 N–H and O–H groups in total. The monoisotopic (exact) mass is 691 g/mol. The van der Waals surface area contributed by atoms with Crippen LogP contribution in [-0.2, 0) is 0 Å². The van der Waals surface area contributed by atoms with Crippen LogP contribution in [-0.4, -0.2) is 24.1 Å². The van der Waals surface area contributed by atoms with Gasteiger partial charge >= 0.3 is 0 Å². The molecular weight excluding hydrogens is 663 g/mol. The summed E-state index contributed by atoms with van der Waals surface area (Å²) in [5.74, 6) is 1.49. The Morgan fingerprint density at radius 2 is 0.963 bits per heavy atom. The van der Waals surface area contributed by atoms with Gasteiger partial charge in [-0.3, -0.25) is 4.57 Å². The van der Waals surface area contributed by atoms with Crippen molar-refractivity contribution in [1.29, 1.82) is 0 Å². The second kappa shape index (κ2) is 12.8. The summed E-state index contributed by atoms with van der Waals surface area (Å²) in [6.07, 6.45) is 0. The summed E-state index contributed by atoms with van der Waals surface area (Å²) in [6, 6.07) is 59.1. The SMILES string of the molecule is [C-]#[N+]c1ccc(-n2c3ccccc3c(=Nc3ccccc3)c3ccccc32)c(-c2nc(-c3ccccc3)nc(-n3c4ccccc4c4ccccc43)n2)c1. The van der Waals surface area contributed by atoms with Crippen LogP contribution in [0.3, 0.4) is 0 Å². The Labute approximate surface area is 310 Å². The molecule has 7 aromatic carbocycles. The van der Waals surface area contributed by atoms with Crippen molar-refractivity contribution in [2.24, 2.45) is 4.99 Å². The van der Waals surface area contributed by atoms with Crippen molar-refractivity contribution < 1.29 is 0 Å². The third-order valence-corrected chi connectivity index (χ3v) is 9.82. The Kier molecular flexibility index (Phi) is 7.38. The zero-order chi connectivity index (χ0) is 36.0. The molecule has 0 unspecified atom stereocenters. The largest absolute Gasteiger partial charge is 0.308 e. The Morgan fingerprint density at radius 1 is 0.463 bits per heavy atom. The first-order chi connectivity index (χ1) is 26.7. The van der Waals surface area contributed by atoms with Gasteiger partial charge in [-0.25, -0.2) is 14.8 Å². The standard InChI is InChI=1S/C47H29N7/c1-48-33-28-29-43(53-41-26-14-10-22-36(41)44(37-23-11-15-27-42(37)53)49-32-18-6-3-7-19-32)38(30-33)46-50-45(31-16-4-2-5-17-31)51-47(52-46)54-39-24-12-8-20-34(39)35-21-9-13-25-40(35)54/h2-30H. The van der Waals surface area contributed by atoms with Crippen LogP contribution in [0.25, 0.3) is 82.9 Å². The summed E-state index contributed by atoms with van der Waals surface area (Å²) in [7, 11) is 0. The molecule has 0 atom stereocenters. The summed E-state index contributed by atoms with van der Waals surface area (Å²) in [4.78, 5) is 24.6. The van der Waals surface area contributed by atoms with Gasteiger partial charge in [-0.05, 0) is 48.5 Å². The molecule has 3 aromatic heterocycles. The molecule has 252 valence electrons. The van der Waals surface area contributed by atoms with Crippen molar-refractivity contribution in [1.82, 2.24) is 24.1 Å². The van der Waals surface area contributed by atoms with Crippen LogP contribution in [0.15, 0.2) is 181 Å². The fourth-order valence-corrected chi connectivity index (χ4v) is 7.43. The van der Waals surface area contributed by atoms with Gasteiger partial charge in [0.05, 0.1) is 45.4 Å². The van der Waals surface area contributed by atoms with Crippen molar-refractivity contribution in [3.05, 3.63) is 193 Å². The molecule has 0 aliphatic carbocycles.